The van der Waals surface area contributed by atoms with Crippen molar-refractivity contribution in [3.8, 4) is 0 Å². The lowest BCUT2D eigenvalue weighted by Gasteiger charge is -2.19. The summed E-state index contributed by atoms with van der Waals surface area (Å²) in [6.45, 7) is 0.726. The molecule has 0 saturated heterocycles. The fourth-order valence-corrected chi connectivity index (χ4v) is 5.21. The van der Waals surface area contributed by atoms with Gasteiger partial charge in [-0.05, 0) is 66.7 Å². The average molecular weight is 589 g/mol. The molecule has 2 N–H and O–H groups in total. The first-order chi connectivity index (χ1) is 20.0. The zero-order valence-electron chi connectivity index (χ0n) is 23.4. The second-order valence-corrected chi connectivity index (χ2v) is 11.0. The Bertz CT molecular complexity index is 1420. The summed E-state index contributed by atoms with van der Waals surface area (Å²) in [5.41, 5.74) is 4.04. The van der Waals surface area contributed by atoms with Gasteiger partial charge in [-0.3, -0.25) is 14.6 Å². The molecule has 6 nitrogen and oxygen atoms in total. The number of nitrogens with zero attached hydrogens (tertiary/aromatic N) is 2. The molecule has 6 rings (SSSR count). The van der Waals surface area contributed by atoms with Crippen molar-refractivity contribution in [2.45, 2.75) is 70.6 Å². The number of hydrogen-bond acceptors (Lipinski definition) is 4. The van der Waals surface area contributed by atoms with Crippen LogP contribution in [0.1, 0.15) is 61.9 Å². The Morgan fingerprint density at radius 1 is 1.24 bits per heavy atom. The smallest absolute Gasteiger partial charge is 0.352 e. The Hall–Kier alpha value is -3.89. The number of alkyl halides is 4. The molecule has 3 heterocycles. The van der Waals surface area contributed by atoms with Crippen LogP contribution in [0.4, 0.5) is 27.8 Å². The molecule has 11 heteroatoms. The van der Waals surface area contributed by atoms with Gasteiger partial charge in [-0.1, -0.05) is 32.1 Å². The number of halogens is 5. The second-order valence-electron chi connectivity index (χ2n) is 11.0. The van der Waals surface area contributed by atoms with E-state index in [-0.39, 0.29) is 29.5 Å². The predicted molar refractivity (Wildman–Crippen MR) is 150 cm³/mol. The number of carbonyl (C=O) groups excluding carboxylic acids is 2. The molecule has 3 aliphatic carbocycles. The highest BCUT2D eigenvalue weighted by atomic mass is 19.4. The quantitative estimate of drug-likeness (QED) is 0.391. The number of anilines is 1. The van der Waals surface area contributed by atoms with Crippen molar-refractivity contribution in [1.82, 2.24) is 15.3 Å². The van der Waals surface area contributed by atoms with Crippen molar-refractivity contribution in [3.63, 3.8) is 0 Å². The number of aromatic nitrogens is 2. The maximum Gasteiger partial charge on any atom is 0.379 e. The maximum atomic E-state index is 12.7. The summed E-state index contributed by atoms with van der Waals surface area (Å²) in [5, 5.41) is 5.88. The molecule has 0 bridgehead atoms. The Morgan fingerprint density at radius 2 is 1.98 bits per heavy atom. The van der Waals surface area contributed by atoms with Crippen LogP contribution in [0, 0.1) is 5.41 Å². The van der Waals surface area contributed by atoms with Crippen LogP contribution in [0.5, 0.6) is 0 Å². The highest BCUT2D eigenvalue weighted by molar-refractivity contribution is 6.06. The average Bonchev–Trinajstić information content (AvgIpc) is 3.48. The molecule has 1 aliphatic heterocycles. The van der Waals surface area contributed by atoms with E-state index in [0.29, 0.717) is 31.6 Å². The van der Waals surface area contributed by atoms with Gasteiger partial charge in [0, 0.05) is 48.5 Å². The molecule has 2 amide bonds. The van der Waals surface area contributed by atoms with Gasteiger partial charge in [0.15, 0.2) is 0 Å². The lowest BCUT2D eigenvalue weighted by Crippen LogP contribution is -2.35. The lowest BCUT2D eigenvalue weighted by molar-refractivity contribution is -0.125. The number of nitrogens with one attached hydrogen (secondary N) is 2. The molecule has 224 valence electrons. The number of hydrogen-bond donors (Lipinski definition) is 2. The third-order valence-electron chi connectivity index (χ3n) is 7.81. The van der Waals surface area contributed by atoms with Crippen LogP contribution >= 0.6 is 0 Å². The normalized spacial score (nSPS) is 22.7. The Kier molecular flexibility index (Phi) is 9.58. The van der Waals surface area contributed by atoms with Crippen LogP contribution in [0.2, 0.25) is 0 Å². The van der Waals surface area contributed by atoms with Crippen LogP contribution in [0.25, 0.3) is 6.08 Å². The second kappa shape index (κ2) is 13.0. The van der Waals surface area contributed by atoms with E-state index in [1.807, 2.05) is 44.3 Å². The van der Waals surface area contributed by atoms with Crippen molar-refractivity contribution < 1.29 is 31.5 Å². The summed E-state index contributed by atoms with van der Waals surface area (Å²) in [6, 6.07) is 5.96. The van der Waals surface area contributed by atoms with Gasteiger partial charge in [-0.25, -0.2) is 13.8 Å². The van der Waals surface area contributed by atoms with E-state index in [1.165, 1.54) is 12.2 Å². The molecule has 1 unspecified atom stereocenters. The summed E-state index contributed by atoms with van der Waals surface area (Å²) >= 11 is 0. The van der Waals surface area contributed by atoms with E-state index in [9.17, 15) is 31.5 Å². The van der Waals surface area contributed by atoms with Gasteiger partial charge >= 0.3 is 6.68 Å². The van der Waals surface area contributed by atoms with Gasteiger partial charge in [0.05, 0.1) is 5.41 Å². The van der Waals surface area contributed by atoms with Gasteiger partial charge < -0.3 is 10.6 Å². The van der Waals surface area contributed by atoms with Gasteiger partial charge in [-0.2, -0.15) is 13.2 Å². The largest absolute Gasteiger partial charge is 0.379 e. The van der Waals surface area contributed by atoms with Crippen molar-refractivity contribution in [3.05, 3.63) is 82.6 Å². The number of allylic oxidation sites excluding steroid dienone is 4. The first-order valence-electron chi connectivity index (χ1n) is 13.8. The van der Waals surface area contributed by atoms with Crippen LogP contribution < -0.4 is 10.6 Å². The van der Waals surface area contributed by atoms with E-state index < -0.39 is 18.3 Å². The third kappa shape index (κ3) is 7.30. The Labute approximate surface area is 241 Å². The van der Waals surface area contributed by atoms with Crippen molar-refractivity contribution in [2.24, 2.45) is 5.41 Å². The molecule has 1 spiro atoms. The van der Waals surface area contributed by atoms with E-state index in [1.54, 1.807) is 6.20 Å². The highest BCUT2D eigenvalue weighted by Gasteiger charge is 2.51. The van der Waals surface area contributed by atoms with E-state index in [0.717, 1.165) is 40.8 Å². The van der Waals surface area contributed by atoms with E-state index in [2.05, 4.69) is 26.7 Å². The molecule has 0 radical (unpaired) electrons. The van der Waals surface area contributed by atoms with E-state index >= 15 is 0 Å². The Morgan fingerprint density at radius 3 is 2.64 bits per heavy atom. The Balaban J connectivity index is 0.000000241. The standard InChI is InChI=1S/C22H22N4O2.C8H10F2.CHF3/c1-21(6-7-21)19(27)24-9-2-4-14-10-15-11-22(12-17(15)25-13-14)16-5-3-8-23-18(16)26-20(22)28;1-2-6-3-7(9)5-8(10)4-6;2-1(3)4/h2-5,8,10,13H,6-7,9,11-12H2,1H3,(H,24,27)(H,23,26,28);3-4,7H,2,5H2,1H3;1H/b4-2+;;/t22-;;/m0../s1. The summed E-state index contributed by atoms with van der Waals surface area (Å²) in [4.78, 5) is 33.6. The molecule has 0 aromatic carbocycles. The molecule has 2 atom stereocenters. The van der Waals surface area contributed by atoms with Gasteiger partial charge in [0.1, 0.15) is 17.8 Å². The van der Waals surface area contributed by atoms with Gasteiger partial charge in [0.2, 0.25) is 11.8 Å². The zero-order chi connectivity index (χ0) is 30.5. The molecule has 2 aromatic rings. The molecule has 42 heavy (non-hydrogen) atoms. The molecule has 1 saturated carbocycles. The van der Waals surface area contributed by atoms with Crippen molar-refractivity contribution >= 4 is 23.7 Å². The fraction of sp³-hybridized carbons (Fsp3) is 0.419. The minimum absolute atomic E-state index is 0.00701. The third-order valence-corrected chi connectivity index (χ3v) is 7.81. The fourth-order valence-electron chi connectivity index (χ4n) is 5.21. The maximum absolute atomic E-state index is 12.7. The molecule has 1 fully saturated rings. The van der Waals surface area contributed by atoms with Gasteiger partial charge in [-0.15, -0.1) is 0 Å². The first kappa shape index (κ1) is 31.1. The minimum Gasteiger partial charge on any atom is -0.352 e. The van der Waals surface area contributed by atoms with E-state index in [4.69, 9.17) is 0 Å². The summed E-state index contributed by atoms with van der Waals surface area (Å²) in [7, 11) is 0. The van der Waals surface area contributed by atoms with Crippen LogP contribution in [0.3, 0.4) is 0 Å². The molecular weight excluding hydrogens is 555 g/mol. The highest BCUT2D eigenvalue weighted by Crippen LogP contribution is 2.46. The van der Waals surface area contributed by atoms with Crippen LogP contribution in [-0.4, -0.2) is 41.2 Å². The van der Waals surface area contributed by atoms with Crippen LogP contribution in [-0.2, 0) is 27.8 Å². The monoisotopic (exact) mass is 588 g/mol. The minimum atomic E-state index is -3.67. The lowest BCUT2D eigenvalue weighted by atomic mass is 9.80. The molecular formula is C31H33F5N4O2. The predicted octanol–water partition coefficient (Wildman–Crippen LogP) is 6.49. The SMILES string of the molecule is CC1(C(=O)NC/C=C/c2cnc3c(c2)C[C@@]2(C3)C(=O)Nc3ncccc32)CC1.CCC1=CC(F)CC(F)=C1.FC(F)F. The summed E-state index contributed by atoms with van der Waals surface area (Å²) < 4.78 is 54.0. The number of pyridine rings is 2. The van der Waals surface area contributed by atoms with Crippen molar-refractivity contribution in [2.75, 3.05) is 11.9 Å². The summed E-state index contributed by atoms with van der Waals surface area (Å²) in [5.74, 6) is 0.464. The molecule has 4 aliphatic rings. The number of amides is 2. The summed E-state index contributed by atoms with van der Waals surface area (Å²) in [6.07, 6.45) is 13.0. The number of rotatable bonds is 5. The number of carbonyl (C=O) groups is 2. The first-order valence-corrected chi connectivity index (χ1v) is 13.8. The molecule has 2 aromatic heterocycles. The van der Waals surface area contributed by atoms with Crippen LogP contribution in [0.15, 0.2) is 60.2 Å². The topological polar surface area (TPSA) is 84.0 Å². The van der Waals surface area contributed by atoms with Crippen molar-refractivity contribution in [1.29, 1.82) is 0 Å². The number of fused-ring (bicyclic) bond motifs is 3. The van der Waals surface area contributed by atoms with Gasteiger partial charge in [0.25, 0.3) is 0 Å². The zero-order valence-corrected chi connectivity index (χ0v) is 23.4.